The van der Waals surface area contributed by atoms with Gasteiger partial charge in [0.05, 0.1) is 0 Å². The van der Waals surface area contributed by atoms with Crippen molar-refractivity contribution in [1.29, 1.82) is 0 Å². The predicted molar refractivity (Wildman–Crippen MR) is 73.2 cm³/mol. The zero-order valence-corrected chi connectivity index (χ0v) is 11.7. The smallest absolute Gasteiger partial charge is 0.166 e. The molecular formula is C14H12BrF2NO. The topological polar surface area (TPSA) is 35.2 Å². The van der Waals surface area contributed by atoms with Crippen molar-refractivity contribution in [3.05, 3.63) is 58.1 Å². The van der Waals surface area contributed by atoms with Crippen LogP contribution in [0, 0.1) is 11.6 Å². The third-order valence-electron chi connectivity index (χ3n) is 2.59. The minimum absolute atomic E-state index is 0.0400. The van der Waals surface area contributed by atoms with E-state index in [0.29, 0.717) is 10.0 Å². The van der Waals surface area contributed by atoms with Gasteiger partial charge < -0.3 is 10.5 Å². The summed E-state index contributed by atoms with van der Waals surface area (Å²) >= 11 is 3.20. The molecule has 0 amide bonds. The largest absolute Gasteiger partial charge is 0.451 e. The first-order chi connectivity index (χ1) is 8.97. The summed E-state index contributed by atoms with van der Waals surface area (Å²) in [6, 6.07) is 8.33. The van der Waals surface area contributed by atoms with Gasteiger partial charge in [0, 0.05) is 10.5 Å². The van der Waals surface area contributed by atoms with Crippen molar-refractivity contribution >= 4 is 15.9 Å². The quantitative estimate of drug-likeness (QED) is 0.898. The summed E-state index contributed by atoms with van der Waals surface area (Å²) in [5, 5.41) is 0. The molecule has 2 rings (SSSR count). The van der Waals surface area contributed by atoms with Gasteiger partial charge in [0.1, 0.15) is 0 Å². The fourth-order valence-corrected chi connectivity index (χ4v) is 1.90. The van der Waals surface area contributed by atoms with Gasteiger partial charge >= 0.3 is 0 Å². The lowest BCUT2D eigenvalue weighted by Gasteiger charge is -2.11. The molecule has 0 saturated carbocycles. The average molecular weight is 328 g/mol. The second-order valence-corrected chi connectivity index (χ2v) is 5.07. The maximum Gasteiger partial charge on any atom is 0.166 e. The van der Waals surface area contributed by atoms with Crippen molar-refractivity contribution in [2.24, 2.45) is 5.73 Å². The van der Waals surface area contributed by atoms with Crippen molar-refractivity contribution < 1.29 is 13.5 Å². The second kappa shape index (κ2) is 5.67. The predicted octanol–water partition coefficient (Wildman–Crippen LogP) is 4.54. The molecule has 0 aliphatic rings. The highest BCUT2D eigenvalue weighted by molar-refractivity contribution is 9.10. The van der Waals surface area contributed by atoms with E-state index in [1.807, 2.05) is 0 Å². The molecular weight excluding hydrogens is 316 g/mol. The summed E-state index contributed by atoms with van der Waals surface area (Å²) < 4.78 is 33.2. The maximum atomic E-state index is 13.8. The molecule has 0 aliphatic carbocycles. The molecule has 0 radical (unpaired) electrons. The molecule has 5 heteroatoms. The van der Waals surface area contributed by atoms with Gasteiger partial charge in [-0.2, -0.15) is 0 Å². The molecule has 100 valence electrons. The normalized spacial score (nSPS) is 12.3. The highest BCUT2D eigenvalue weighted by Gasteiger charge is 2.11. The third kappa shape index (κ3) is 3.30. The molecule has 0 bridgehead atoms. The van der Waals surface area contributed by atoms with E-state index in [1.165, 1.54) is 30.3 Å². The molecule has 2 aromatic rings. The van der Waals surface area contributed by atoms with Gasteiger partial charge in [0.15, 0.2) is 23.1 Å². The number of ether oxygens (including phenoxy) is 1. The van der Waals surface area contributed by atoms with Crippen molar-refractivity contribution in [3.8, 4) is 11.5 Å². The third-order valence-corrected chi connectivity index (χ3v) is 3.09. The highest BCUT2D eigenvalue weighted by Crippen LogP contribution is 2.30. The van der Waals surface area contributed by atoms with Crippen LogP contribution in [0.1, 0.15) is 18.5 Å². The van der Waals surface area contributed by atoms with Gasteiger partial charge in [0.25, 0.3) is 0 Å². The Morgan fingerprint density at radius 3 is 2.42 bits per heavy atom. The lowest BCUT2D eigenvalue weighted by Crippen LogP contribution is -2.05. The molecule has 0 aromatic heterocycles. The summed E-state index contributed by atoms with van der Waals surface area (Å²) in [4.78, 5) is 0. The van der Waals surface area contributed by atoms with Crippen LogP contribution in [0.2, 0.25) is 0 Å². The van der Waals surface area contributed by atoms with Gasteiger partial charge in [-0.05, 0) is 42.8 Å². The van der Waals surface area contributed by atoms with Crippen molar-refractivity contribution in [3.63, 3.8) is 0 Å². The molecule has 2 N–H and O–H groups in total. The lowest BCUT2D eigenvalue weighted by molar-refractivity contribution is 0.413. The van der Waals surface area contributed by atoms with Crippen LogP contribution in [0.25, 0.3) is 0 Å². The summed E-state index contributed by atoms with van der Waals surface area (Å²) in [6.07, 6.45) is 0. The highest BCUT2D eigenvalue weighted by atomic mass is 79.9. The second-order valence-electron chi connectivity index (χ2n) is 4.16. The van der Waals surface area contributed by atoms with Crippen LogP contribution >= 0.6 is 15.9 Å². The number of rotatable bonds is 3. The summed E-state index contributed by atoms with van der Waals surface area (Å²) in [5.41, 5.74) is 6.31. The molecule has 0 aliphatic heterocycles. The van der Waals surface area contributed by atoms with Crippen LogP contribution in [-0.4, -0.2) is 0 Å². The van der Waals surface area contributed by atoms with Crippen LogP contribution in [0.4, 0.5) is 8.78 Å². The van der Waals surface area contributed by atoms with E-state index < -0.39 is 11.6 Å². The number of hydrogen-bond acceptors (Lipinski definition) is 2. The Labute approximate surface area is 118 Å². The first-order valence-corrected chi connectivity index (χ1v) is 6.44. The molecule has 2 nitrogen and oxygen atoms in total. The Kier molecular flexibility index (Phi) is 4.17. The molecule has 1 unspecified atom stereocenters. The van der Waals surface area contributed by atoms with Crippen molar-refractivity contribution in [2.75, 3.05) is 0 Å². The molecule has 0 saturated heterocycles. The molecule has 0 spiro atoms. The van der Waals surface area contributed by atoms with Crippen molar-refractivity contribution in [1.82, 2.24) is 0 Å². The zero-order valence-electron chi connectivity index (χ0n) is 10.2. The average Bonchev–Trinajstić information content (AvgIpc) is 2.36. The fourth-order valence-electron chi connectivity index (χ4n) is 1.56. The first-order valence-electron chi connectivity index (χ1n) is 5.65. The minimum Gasteiger partial charge on any atom is -0.451 e. The standard InChI is InChI=1S/C14H12BrF2NO/c1-8(18)9-2-5-13(12(17)6-9)19-14-7-10(15)3-4-11(14)16/h2-8H,18H2,1H3. The van der Waals surface area contributed by atoms with Crippen LogP contribution < -0.4 is 10.5 Å². The van der Waals surface area contributed by atoms with E-state index in [2.05, 4.69) is 15.9 Å². The number of nitrogens with two attached hydrogens (primary N) is 1. The SMILES string of the molecule is CC(N)c1ccc(Oc2cc(Br)ccc2F)c(F)c1. The van der Waals surface area contributed by atoms with E-state index >= 15 is 0 Å². The summed E-state index contributed by atoms with van der Waals surface area (Å²) in [5.74, 6) is -1.21. The van der Waals surface area contributed by atoms with E-state index in [-0.39, 0.29) is 17.5 Å². The molecule has 1 atom stereocenters. The van der Waals surface area contributed by atoms with Crippen LogP contribution in [0.5, 0.6) is 11.5 Å². The Morgan fingerprint density at radius 1 is 1.05 bits per heavy atom. The van der Waals surface area contributed by atoms with Crippen LogP contribution in [-0.2, 0) is 0 Å². The Hall–Kier alpha value is -1.46. The van der Waals surface area contributed by atoms with E-state index in [1.54, 1.807) is 13.0 Å². The van der Waals surface area contributed by atoms with Gasteiger partial charge in [-0.15, -0.1) is 0 Å². The summed E-state index contributed by atoms with van der Waals surface area (Å²) in [6.45, 7) is 1.75. The fraction of sp³-hybridized carbons (Fsp3) is 0.143. The maximum absolute atomic E-state index is 13.8. The van der Waals surface area contributed by atoms with E-state index in [4.69, 9.17) is 10.5 Å². The van der Waals surface area contributed by atoms with Gasteiger partial charge in [-0.25, -0.2) is 8.78 Å². The minimum atomic E-state index is -0.575. The van der Waals surface area contributed by atoms with Crippen LogP contribution in [0.15, 0.2) is 40.9 Å². The summed E-state index contributed by atoms with van der Waals surface area (Å²) in [7, 11) is 0. The number of halogens is 3. The Balaban J connectivity index is 2.31. The van der Waals surface area contributed by atoms with E-state index in [0.717, 1.165) is 0 Å². The van der Waals surface area contributed by atoms with Crippen molar-refractivity contribution in [2.45, 2.75) is 13.0 Å². The Bertz CT molecular complexity index is 602. The van der Waals surface area contributed by atoms with Gasteiger partial charge in [-0.3, -0.25) is 0 Å². The van der Waals surface area contributed by atoms with Crippen LogP contribution in [0.3, 0.4) is 0 Å². The monoisotopic (exact) mass is 327 g/mol. The zero-order chi connectivity index (χ0) is 14.0. The molecule has 0 heterocycles. The van der Waals surface area contributed by atoms with Gasteiger partial charge in [0.2, 0.25) is 0 Å². The molecule has 19 heavy (non-hydrogen) atoms. The molecule has 2 aromatic carbocycles. The number of benzene rings is 2. The van der Waals surface area contributed by atoms with E-state index in [9.17, 15) is 8.78 Å². The van der Waals surface area contributed by atoms with Gasteiger partial charge in [-0.1, -0.05) is 22.0 Å². The first kappa shape index (κ1) is 14.0. The lowest BCUT2D eigenvalue weighted by atomic mass is 10.1. The number of hydrogen-bond donors (Lipinski definition) is 1. The Morgan fingerprint density at radius 2 is 1.79 bits per heavy atom. The molecule has 0 fully saturated rings.